The maximum Gasteiger partial charge on any atom is 0.136 e. The van der Waals surface area contributed by atoms with Gasteiger partial charge in [-0.2, -0.15) is 0 Å². The van der Waals surface area contributed by atoms with E-state index in [0.717, 1.165) is 42.9 Å². The molecular formula is C16H28N4. The van der Waals surface area contributed by atoms with Gasteiger partial charge in [-0.25, -0.2) is 9.97 Å². The Kier molecular flexibility index (Phi) is 5.21. The molecule has 1 aromatic rings. The normalized spacial score (nSPS) is 14.7. The number of anilines is 2. The van der Waals surface area contributed by atoms with E-state index in [4.69, 9.17) is 4.98 Å². The molecule has 112 valence electrons. The summed E-state index contributed by atoms with van der Waals surface area (Å²) in [6.07, 6.45) is 4.79. The van der Waals surface area contributed by atoms with Gasteiger partial charge >= 0.3 is 0 Å². The van der Waals surface area contributed by atoms with Crippen molar-refractivity contribution in [3.8, 4) is 0 Å². The van der Waals surface area contributed by atoms with Crippen molar-refractivity contribution in [2.45, 2.75) is 52.4 Å². The molecule has 0 saturated heterocycles. The van der Waals surface area contributed by atoms with Gasteiger partial charge in [0.05, 0.1) is 0 Å². The minimum absolute atomic E-state index is 0.593. The van der Waals surface area contributed by atoms with Gasteiger partial charge in [-0.1, -0.05) is 20.8 Å². The highest BCUT2D eigenvalue weighted by molar-refractivity contribution is 5.49. The first kappa shape index (κ1) is 15.1. The molecule has 20 heavy (non-hydrogen) atoms. The molecule has 0 unspecified atom stereocenters. The summed E-state index contributed by atoms with van der Waals surface area (Å²) >= 11 is 0. The molecule has 1 heterocycles. The average molecular weight is 276 g/mol. The lowest BCUT2D eigenvalue weighted by Crippen LogP contribution is -2.22. The lowest BCUT2D eigenvalue weighted by atomic mass is 10.1. The van der Waals surface area contributed by atoms with Gasteiger partial charge in [-0.3, -0.25) is 0 Å². The van der Waals surface area contributed by atoms with E-state index < -0.39 is 0 Å². The standard InChI is InChI=1S/C16H28N4/c1-5-9-17-14-11-15(20(4)10-8-12(2)3)19-16(18-14)13-6-7-13/h11-13H,5-10H2,1-4H3,(H,17,18,19). The summed E-state index contributed by atoms with van der Waals surface area (Å²) < 4.78 is 0. The van der Waals surface area contributed by atoms with Crippen LogP contribution in [0.1, 0.15) is 58.2 Å². The van der Waals surface area contributed by atoms with Crippen molar-refractivity contribution in [3.05, 3.63) is 11.9 Å². The van der Waals surface area contributed by atoms with E-state index in [9.17, 15) is 0 Å². The van der Waals surface area contributed by atoms with Gasteiger partial charge in [0.15, 0.2) is 0 Å². The van der Waals surface area contributed by atoms with Crippen molar-refractivity contribution in [1.82, 2.24) is 9.97 Å². The number of rotatable bonds is 8. The van der Waals surface area contributed by atoms with Crippen molar-refractivity contribution in [1.29, 1.82) is 0 Å². The summed E-state index contributed by atoms with van der Waals surface area (Å²) in [7, 11) is 2.13. The number of aromatic nitrogens is 2. The molecule has 1 aromatic heterocycles. The highest BCUT2D eigenvalue weighted by atomic mass is 15.2. The third kappa shape index (κ3) is 4.36. The Morgan fingerprint density at radius 2 is 2.10 bits per heavy atom. The molecule has 1 aliphatic rings. The Balaban J connectivity index is 2.10. The third-order valence-electron chi connectivity index (χ3n) is 3.66. The number of nitrogens with one attached hydrogen (secondary N) is 1. The van der Waals surface area contributed by atoms with Crippen molar-refractivity contribution in [2.24, 2.45) is 5.92 Å². The molecule has 1 aliphatic carbocycles. The highest BCUT2D eigenvalue weighted by Gasteiger charge is 2.27. The van der Waals surface area contributed by atoms with Crippen LogP contribution in [-0.2, 0) is 0 Å². The summed E-state index contributed by atoms with van der Waals surface area (Å²) in [4.78, 5) is 11.7. The van der Waals surface area contributed by atoms with Crippen molar-refractivity contribution in [2.75, 3.05) is 30.4 Å². The van der Waals surface area contributed by atoms with Gasteiger partial charge in [0.2, 0.25) is 0 Å². The summed E-state index contributed by atoms with van der Waals surface area (Å²) in [6, 6.07) is 2.09. The van der Waals surface area contributed by atoms with E-state index in [2.05, 4.69) is 49.1 Å². The van der Waals surface area contributed by atoms with Crippen LogP contribution in [0.3, 0.4) is 0 Å². The second-order valence-electron chi connectivity index (χ2n) is 6.27. The van der Waals surface area contributed by atoms with Crippen LogP contribution in [0.5, 0.6) is 0 Å². The van der Waals surface area contributed by atoms with Crippen molar-refractivity contribution in [3.63, 3.8) is 0 Å². The first-order valence-corrected chi connectivity index (χ1v) is 7.94. The van der Waals surface area contributed by atoms with Gasteiger partial charge in [0.1, 0.15) is 17.5 Å². The molecule has 0 radical (unpaired) electrons. The van der Waals surface area contributed by atoms with Crippen LogP contribution in [0.4, 0.5) is 11.6 Å². The highest BCUT2D eigenvalue weighted by Crippen LogP contribution is 2.39. The second-order valence-corrected chi connectivity index (χ2v) is 6.27. The Morgan fingerprint density at radius 3 is 2.70 bits per heavy atom. The number of hydrogen-bond donors (Lipinski definition) is 1. The Morgan fingerprint density at radius 1 is 1.35 bits per heavy atom. The molecule has 1 saturated carbocycles. The maximum absolute atomic E-state index is 4.76. The summed E-state index contributed by atoms with van der Waals surface area (Å²) in [5.41, 5.74) is 0. The molecule has 0 amide bonds. The molecule has 0 atom stereocenters. The van der Waals surface area contributed by atoms with E-state index in [1.807, 2.05) is 0 Å². The van der Waals surface area contributed by atoms with Crippen LogP contribution in [0.25, 0.3) is 0 Å². The van der Waals surface area contributed by atoms with Crippen LogP contribution < -0.4 is 10.2 Å². The van der Waals surface area contributed by atoms with Crippen LogP contribution in [-0.4, -0.2) is 30.1 Å². The quantitative estimate of drug-likeness (QED) is 0.786. The summed E-state index contributed by atoms with van der Waals surface area (Å²) in [5, 5.41) is 3.40. The van der Waals surface area contributed by atoms with Gasteiger partial charge < -0.3 is 10.2 Å². The zero-order valence-electron chi connectivity index (χ0n) is 13.3. The third-order valence-corrected chi connectivity index (χ3v) is 3.66. The Labute approximate surface area is 123 Å². The van der Waals surface area contributed by atoms with E-state index in [1.165, 1.54) is 19.3 Å². The second kappa shape index (κ2) is 6.91. The van der Waals surface area contributed by atoms with E-state index in [-0.39, 0.29) is 0 Å². The van der Waals surface area contributed by atoms with Crippen molar-refractivity contribution >= 4 is 11.6 Å². The zero-order valence-corrected chi connectivity index (χ0v) is 13.3. The first-order chi connectivity index (χ1) is 9.60. The average Bonchev–Trinajstić information content (AvgIpc) is 3.26. The smallest absolute Gasteiger partial charge is 0.136 e. The summed E-state index contributed by atoms with van der Waals surface area (Å²) in [5.74, 6) is 4.38. The van der Waals surface area contributed by atoms with Gasteiger partial charge in [-0.05, 0) is 31.6 Å². The molecule has 0 bridgehead atoms. The molecule has 2 rings (SSSR count). The molecule has 1 N–H and O–H groups in total. The molecule has 0 aliphatic heterocycles. The fraction of sp³-hybridized carbons (Fsp3) is 0.750. The largest absolute Gasteiger partial charge is 0.370 e. The fourth-order valence-corrected chi connectivity index (χ4v) is 2.08. The van der Waals surface area contributed by atoms with Crippen molar-refractivity contribution < 1.29 is 0 Å². The fourth-order valence-electron chi connectivity index (χ4n) is 2.08. The Hall–Kier alpha value is -1.32. The van der Waals surface area contributed by atoms with Gasteiger partial charge in [0.25, 0.3) is 0 Å². The Bertz CT molecular complexity index is 426. The summed E-state index contributed by atoms with van der Waals surface area (Å²) in [6.45, 7) is 8.71. The number of nitrogens with zero attached hydrogens (tertiary/aromatic N) is 3. The van der Waals surface area contributed by atoms with Crippen LogP contribution in [0, 0.1) is 5.92 Å². The first-order valence-electron chi connectivity index (χ1n) is 7.94. The van der Waals surface area contributed by atoms with E-state index in [0.29, 0.717) is 5.92 Å². The molecule has 0 aromatic carbocycles. The van der Waals surface area contributed by atoms with Crippen LogP contribution >= 0.6 is 0 Å². The monoisotopic (exact) mass is 276 g/mol. The van der Waals surface area contributed by atoms with E-state index in [1.54, 1.807) is 0 Å². The lowest BCUT2D eigenvalue weighted by Gasteiger charge is -2.20. The SMILES string of the molecule is CCCNc1cc(N(C)CCC(C)C)nc(C2CC2)n1. The van der Waals surface area contributed by atoms with Gasteiger partial charge in [0, 0.05) is 32.1 Å². The van der Waals surface area contributed by atoms with E-state index >= 15 is 0 Å². The van der Waals surface area contributed by atoms with Crippen LogP contribution in [0.15, 0.2) is 6.07 Å². The molecular weight excluding hydrogens is 248 g/mol. The topological polar surface area (TPSA) is 41.0 Å². The van der Waals surface area contributed by atoms with Crippen LogP contribution in [0.2, 0.25) is 0 Å². The minimum atomic E-state index is 0.593. The lowest BCUT2D eigenvalue weighted by molar-refractivity contribution is 0.583. The predicted molar refractivity (Wildman–Crippen MR) is 85.5 cm³/mol. The number of hydrogen-bond acceptors (Lipinski definition) is 4. The molecule has 0 spiro atoms. The maximum atomic E-state index is 4.76. The van der Waals surface area contributed by atoms with Gasteiger partial charge in [-0.15, -0.1) is 0 Å². The molecule has 4 heteroatoms. The predicted octanol–water partition coefficient (Wildman–Crippen LogP) is 3.66. The molecule has 4 nitrogen and oxygen atoms in total. The minimum Gasteiger partial charge on any atom is -0.370 e. The zero-order chi connectivity index (χ0) is 14.5. The molecule has 1 fully saturated rings.